The van der Waals surface area contributed by atoms with Crippen LogP contribution in [-0.4, -0.2) is 21.7 Å². The van der Waals surface area contributed by atoms with Gasteiger partial charge in [0.05, 0.1) is 12.2 Å². The van der Waals surface area contributed by atoms with Crippen LogP contribution in [0.15, 0.2) is 42.5 Å². The molecule has 1 heterocycles. The Balaban J connectivity index is 1.94. The highest BCUT2D eigenvalue weighted by Crippen LogP contribution is 2.34. The van der Waals surface area contributed by atoms with Gasteiger partial charge in [0.1, 0.15) is 17.2 Å². The summed E-state index contributed by atoms with van der Waals surface area (Å²) in [5, 5.41) is 4.47. The predicted octanol–water partition coefficient (Wildman–Crippen LogP) is 4.54. The molecule has 0 saturated heterocycles. The van der Waals surface area contributed by atoms with Gasteiger partial charge >= 0.3 is 6.09 Å². The van der Waals surface area contributed by atoms with Crippen molar-refractivity contribution < 1.29 is 14.3 Å². The zero-order valence-corrected chi connectivity index (χ0v) is 16.4. The summed E-state index contributed by atoms with van der Waals surface area (Å²) >= 11 is 0. The summed E-state index contributed by atoms with van der Waals surface area (Å²) in [5.41, 5.74) is 6.49. The van der Waals surface area contributed by atoms with Gasteiger partial charge in [-0.1, -0.05) is 24.3 Å². The number of nitrogens with one attached hydrogen (secondary N) is 1. The molecule has 0 atom stereocenters. The molecule has 0 aliphatic carbocycles. The van der Waals surface area contributed by atoms with E-state index in [0.29, 0.717) is 23.1 Å². The number of benzene rings is 2. The van der Waals surface area contributed by atoms with Crippen molar-refractivity contribution in [2.24, 2.45) is 5.73 Å². The fourth-order valence-corrected chi connectivity index (χ4v) is 2.74. The number of fused-ring (bicyclic) bond motifs is 1. The van der Waals surface area contributed by atoms with Crippen LogP contribution in [0.3, 0.4) is 0 Å². The second-order valence-corrected chi connectivity index (χ2v) is 7.35. The molecule has 3 N–H and O–H groups in total. The van der Waals surface area contributed by atoms with Crippen LogP contribution in [0, 0.1) is 6.92 Å². The lowest BCUT2D eigenvalue weighted by molar-refractivity contribution is 0.0636. The Morgan fingerprint density at radius 2 is 1.82 bits per heavy atom. The van der Waals surface area contributed by atoms with Crippen LogP contribution in [-0.2, 0) is 11.3 Å². The minimum atomic E-state index is -0.575. The maximum atomic E-state index is 12.2. The van der Waals surface area contributed by atoms with E-state index in [0.717, 1.165) is 16.5 Å². The molecular weight excluding hydrogens is 356 g/mol. The molecule has 0 aliphatic rings. The zero-order chi connectivity index (χ0) is 20.3. The Morgan fingerprint density at radius 1 is 1.11 bits per heavy atom. The summed E-state index contributed by atoms with van der Waals surface area (Å²) < 4.78 is 11.3. The third-order valence-electron chi connectivity index (χ3n) is 3.79. The fraction of sp³-hybridized carbons (Fsp3) is 0.286. The monoisotopic (exact) mass is 380 g/mol. The zero-order valence-electron chi connectivity index (χ0n) is 16.4. The smallest absolute Gasteiger partial charge is 0.412 e. The Morgan fingerprint density at radius 3 is 2.50 bits per heavy atom. The first-order valence-corrected chi connectivity index (χ1v) is 8.99. The minimum absolute atomic E-state index is 0.234. The first-order valence-electron chi connectivity index (χ1n) is 8.99. The third kappa shape index (κ3) is 4.75. The Hall–Kier alpha value is -3.19. The number of hydrogen-bond acceptors (Lipinski definition) is 6. The lowest BCUT2D eigenvalue weighted by atomic mass is 10.1. The molecule has 7 heteroatoms. The Bertz CT molecular complexity index is 1010. The number of aryl methyl sites for hydroxylation is 1. The van der Waals surface area contributed by atoms with E-state index in [9.17, 15) is 4.79 Å². The quantitative estimate of drug-likeness (QED) is 0.689. The predicted molar refractivity (Wildman–Crippen MR) is 109 cm³/mol. The van der Waals surface area contributed by atoms with Crippen molar-refractivity contribution in [3.63, 3.8) is 0 Å². The molecule has 28 heavy (non-hydrogen) atoms. The first-order chi connectivity index (χ1) is 13.2. The molecular formula is C21H24N4O3. The van der Waals surface area contributed by atoms with E-state index in [1.165, 1.54) is 0 Å². The third-order valence-corrected chi connectivity index (χ3v) is 3.79. The second-order valence-electron chi connectivity index (χ2n) is 7.35. The number of aromatic nitrogens is 2. The van der Waals surface area contributed by atoms with Crippen LogP contribution in [0.1, 0.15) is 32.3 Å². The molecule has 7 nitrogen and oxygen atoms in total. The van der Waals surface area contributed by atoms with Gasteiger partial charge in [-0.15, -0.1) is 0 Å². The number of carbonyl (C=O) groups is 1. The van der Waals surface area contributed by atoms with Crippen molar-refractivity contribution in [1.82, 2.24) is 9.97 Å². The number of carbonyl (C=O) groups excluding carboxylic acids is 1. The molecule has 1 amide bonds. The molecule has 0 radical (unpaired) electrons. The molecule has 1 aromatic heterocycles. The highest BCUT2D eigenvalue weighted by atomic mass is 16.6. The number of nitrogens with two attached hydrogens (primary N) is 1. The molecule has 3 aromatic rings. The van der Waals surface area contributed by atoms with Gasteiger partial charge in [-0.25, -0.2) is 9.78 Å². The topological polar surface area (TPSA) is 99.4 Å². The number of ether oxygens (including phenoxy) is 2. The maximum Gasteiger partial charge on any atom is 0.412 e. The molecule has 0 unspecified atom stereocenters. The number of nitrogens with zero attached hydrogens (tertiary/aromatic N) is 2. The molecule has 0 saturated carbocycles. The summed E-state index contributed by atoms with van der Waals surface area (Å²) in [6.45, 7) is 7.56. The Labute approximate surface area is 163 Å². The van der Waals surface area contributed by atoms with Gasteiger partial charge in [-0.3, -0.25) is 5.32 Å². The van der Waals surface area contributed by atoms with Crippen LogP contribution in [0.4, 0.5) is 10.5 Å². The van der Waals surface area contributed by atoms with E-state index in [4.69, 9.17) is 15.2 Å². The lowest BCUT2D eigenvalue weighted by Crippen LogP contribution is -2.27. The standard InChI is InChI=1S/C21H24N4O3/c1-13-11-19(25-18(12-22)23-13)27-17-10-9-16(14-7-5-6-8-15(14)17)24-20(26)28-21(2,3)4/h5-11H,12,22H2,1-4H3,(H,24,26). The molecule has 3 rings (SSSR count). The molecule has 0 aliphatic heterocycles. The number of amides is 1. The molecule has 0 fully saturated rings. The van der Waals surface area contributed by atoms with E-state index < -0.39 is 11.7 Å². The van der Waals surface area contributed by atoms with Crippen molar-refractivity contribution >= 4 is 22.6 Å². The van der Waals surface area contributed by atoms with Crippen molar-refractivity contribution in [2.75, 3.05) is 5.32 Å². The van der Waals surface area contributed by atoms with Crippen LogP contribution < -0.4 is 15.8 Å². The lowest BCUT2D eigenvalue weighted by Gasteiger charge is -2.20. The summed E-state index contributed by atoms with van der Waals surface area (Å²) in [4.78, 5) is 20.7. The van der Waals surface area contributed by atoms with Crippen molar-refractivity contribution in [2.45, 2.75) is 39.8 Å². The van der Waals surface area contributed by atoms with E-state index in [-0.39, 0.29) is 6.54 Å². The highest BCUT2D eigenvalue weighted by molar-refractivity contribution is 6.02. The van der Waals surface area contributed by atoms with Crippen LogP contribution in [0.2, 0.25) is 0 Å². The largest absolute Gasteiger partial charge is 0.444 e. The van der Waals surface area contributed by atoms with Crippen LogP contribution in [0.25, 0.3) is 10.8 Å². The number of hydrogen-bond donors (Lipinski definition) is 2. The van der Waals surface area contributed by atoms with Crippen LogP contribution in [0.5, 0.6) is 11.6 Å². The van der Waals surface area contributed by atoms with Crippen molar-refractivity contribution in [3.05, 3.63) is 54.0 Å². The van der Waals surface area contributed by atoms with Crippen LogP contribution >= 0.6 is 0 Å². The average molecular weight is 380 g/mol. The Kier molecular flexibility index (Phi) is 5.46. The molecule has 0 bridgehead atoms. The van der Waals surface area contributed by atoms with E-state index in [1.54, 1.807) is 18.2 Å². The van der Waals surface area contributed by atoms with Gasteiger partial charge in [-0.2, -0.15) is 4.98 Å². The van der Waals surface area contributed by atoms with Crippen molar-refractivity contribution in [1.29, 1.82) is 0 Å². The molecule has 0 spiro atoms. The second kappa shape index (κ2) is 7.82. The van der Waals surface area contributed by atoms with Gasteiger partial charge in [0.25, 0.3) is 0 Å². The van der Waals surface area contributed by atoms with E-state index in [1.807, 2.05) is 52.0 Å². The van der Waals surface area contributed by atoms with Gasteiger partial charge < -0.3 is 15.2 Å². The number of rotatable bonds is 4. The van der Waals surface area contributed by atoms with Gasteiger partial charge in [0.15, 0.2) is 0 Å². The SMILES string of the molecule is Cc1cc(Oc2ccc(NC(=O)OC(C)(C)C)c3ccccc23)nc(CN)n1. The first kappa shape index (κ1) is 19.6. The van der Waals surface area contributed by atoms with Gasteiger partial charge in [0, 0.05) is 22.5 Å². The normalized spacial score (nSPS) is 11.3. The number of anilines is 1. The van der Waals surface area contributed by atoms with Crippen molar-refractivity contribution in [3.8, 4) is 11.6 Å². The summed E-state index contributed by atoms with van der Waals surface area (Å²) in [5.74, 6) is 1.56. The van der Waals surface area contributed by atoms with E-state index in [2.05, 4.69) is 15.3 Å². The summed E-state index contributed by atoms with van der Waals surface area (Å²) in [6, 6.07) is 12.9. The van der Waals surface area contributed by atoms with Gasteiger partial charge in [0.2, 0.25) is 5.88 Å². The fourth-order valence-electron chi connectivity index (χ4n) is 2.74. The molecule has 2 aromatic carbocycles. The van der Waals surface area contributed by atoms with E-state index >= 15 is 0 Å². The highest BCUT2D eigenvalue weighted by Gasteiger charge is 2.17. The summed E-state index contributed by atoms with van der Waals surface area (Å²) in [7, 11) is 0. The molecule has 146 valence electrons. The minimum Gasteiger partial charge on any atom is -0.444 e. The maximum absolute atomic E-state index is 12.2. The average Bonchev–Trinajstić information content (AvgIpc) is 2.61. The van der Waals surface area contributed by atoms with Gasteiger partial charge in [-0.05, 0) is 39.8 Å². The summed E-state index contributed by atoms with van der Waals surface area (Å²) in [6.07, 6.45) is -0.509.